The van der Waals surface area contributed by atoms with Gasteiger partial charge in [0.15, 0.2) is 0 Å². The number of hydrogen-bond acceptors (Lipinski definition) is 1. The average molecular weight is 215 g/mol. The second kappa shape index (κ2) is 3.58. The molecule has 0 radical (unpaired) electrons. The van der Waals surface area contributed by atoms with Gasteiger partial charge in [-0.15, -0.1) is 0 Å². The maximum Gasteiger partial charge on any atom is 0.0441 e. The van der Waals surface area contributed by atoms with Crippen molar-refractivity contribution in [2.24, 2.45) is 0 Å². The van der Waals surface area contributed by atoms with Crippen molar-refractivity contribution in [2.75, 3.05) is 0 Å². The van der Waals surface area contributed by atoms with Crippen LogP contribution in [0.4, 0.5) is 0 Å². The van der Waals surface area contributed by atoms with E-state index in [4.69, 9.17) is 0 Å². The first-order valence-electron chi connectivity index (χ1n) is 6.75. The number of aryl methyl sites for hydroxylation is 2. The summed E-state index contributed by atoms with van der Waals surface area (Å²) in [5, 5.41) is 0. The number of rotatable bonds is 1. The Labute approximate surface area is 98.3 Å². The molecule has 1 aromatic heterocycles. The van der Waals surface area contributed by atoms with Gasteiger partial charge >= 0.3 is 0 Å². The van der Waals surface area contributed by atoms with Crippen LogP contribution in [0, 0.1) is 6.92 Å². The molecule has 1 nitrogen and oxygen atoms in total. The molecule has 1 heterocycles. The van der Waals surface area contributed by atoms with Gasteiger partial charge in [-0.2, -0.15) is 0 Å². The van der Waals surface area contributed by atoms with E-state index >= 15 is 0 Å². The number of hydrogen-bond donors (Lipinski definition) is 0. The van der Waals surface area contributed by atoms with Crippen LogP contribution in [0.5, 0.6) is 0 Å². The fraction of sp³-hybridized carbons (Fsp3) is 0.667. The highest BCUT2D eigenvalue weighted by molar-refractivity contribution is 5.46. The second-order valence-corrected chi connectivity index (χ2v) is 5.58. The zero-order chi connectivity index (χ0) is 11.2. The highest BCUT2D eigenvalue weighted by Gasteiger charge is 2.42. The minimum Gasteiger partial charge on any atom is -0.261 e. The molecule has 0 N–H and O–H groups in total. The molecule has 1 aromatic rings. The van der Waals surface area contributed by atoms with E-state index in [-0.39, 0.29) is 0 Å². The van der Waals surface area contributed by atoms with Gasteiger partial charge in [0.2, 0.25) is 0 Å². The molecule has 0 saturated heterocycles. The van der Waals surface area contributed by atoms with Crippen molar-refractivity contribution in [1.82, 2.24) is 4.98 Å². The third-order valence-corrected chi connectivity index (χ3v) is 4.76. The molecule has 3 rings (SSSR count). The van der Waals surface area contributed by atoms with Gasteiger partial charge in [0, 0.05) is 11.9 Å². The molecule has 0 amide bonds. The summed E-state index contributed by atoms with van der Waals surface area (Å²) in [5.41, 5.74) is 6.68. The van der Waals surface area contributed by atoms with E-state index in [1.54, 1.807) is 11.1 Å². The molecule has 0 atom stereocenters. The lowest BCUT2D eigenvalue weighted by Gasteiger charge is -2.26. The summed E-state index contributed by atoms with van der Waals surface area (Å²) in [5.74, 6) is 0. The Morgan fingerprint density at radius 2 is 2.00 bits per heavy atom. The van der Waals surface area contributed by atoms with Gasteiger partial charge in [-0.05, 0) is 61.1 Å². The van der Waals surface area contributed by atoms with Crippen molar-refractivity contribution in [3.05, 3.63) is 28.6 Å². The second-order valence-electron chi connectivity index (χ2n) is 5.58. The first kappa shape index (κ1) is 10.3. The van der Waals surface area contributed by atoms with Crippen molar-refractivity contribution in [2.45, 2.75) is 64.2 Å². The standard InChI is InChI=1S/C15H21N/c1-3-13-14-12(11(2)10-16-13)6-9-15(14)7-4-5-8-15/h10H,3-9H2,1-2H3. The van der Waals surface area contributed by atoms with E-state index in [0.717, 1.165) is 6.42 Å². The molecule has 1 heteroatoms. The van der Waals surface area contributed by atoms with Gasteiger partial charge in [0.05, 0.1) is 0 Å². The molecule has 0 bridgehead atoms. The van der Waals surface area contributed by atoms with E-state index in [0.29, 0.717) is 5.41 Å². The molecule has 2 aliphatic rings. The van der Waals surface area contributed by atoms with Crippen molar-refractivity contribution in [3.63, 3.8) is 0 Å². The summed E-state index contributed by atoms with van der Waals surface area (Å²) >= 11 is 0. The lowest BCUT2D eigenvalue weighted by atomic mass is 9.79. The zero-order valence-corrected chi connectivity index (χ0v) is 10.5. The van der Waals surface area contributed by atoms with E-state index in [1.165, 1.54) is 49.8 Å². The summed E-state index contributed by atoms with van der Waals surface area (Å²) in [6.07, 6.45) is 11.6. The maximum atomic E-state index is 4.69. The summed E-state index contributed by atoms with van der Waals surface area (Å²) in [7, 11) is 0. The lowest BCUT2D eigenvalue weighted by molar-refractivity contribution is 0.434. The Bertz CT molecular complexity index is 414. The van der Waals surface area contributed by atoms with Crippen LogP contribution in [0.1, 0.15) is 61.4 Å². The monoisotopic (exact) mass is 215 g/mol. The third kappa shape index (κ3) is 1.27. The van der Waals surface area contributed by atoms with Crippen LogP contribution in [0.2, 0.25) is 0 Å². The van der Waals surface area contributed by atoms with E-state index in [1.807, 2.05) is 0 Å². The first-order chi connectivity index (χ1) is 7.77. The smallest absolute Gasteiger partial charge is 0.0441 e. The molecule has 1 fully saturated rings. The molecule has 2 aliphatic carbocycles. The first-order valence-corrected chi connectivity index (χ1v) is 6.75. The number of pyridine rings is 1. The molecule has 86 valence electrons. The van der Waals surface area contributed by atoms with Crippen LogP contribution in [0.3, 0.4) is 0 Å². The van der Waals surface area contributed by atoms with E-state index < -0.39 is 0 Å². The average Bonchev–Trinajstić information content (AvgIpc) is 2.90. The highest BCUT2D eigenvalue weighted by Crippen LogP contribution is 2.51. The summed E-state index contributed by atoms with van der Waals surface area (Å²) < 4.78 is 0. The molecular weight excluding hydrogens is 194 g/mol. The molecular formula is C15H21N. The van der Waals surface area contributed by atoms with Gasteiger partial charge in [-0.1, -0.05) is 19.8 Å². The maximum absolute atomic E-state index is 4.69. The van der Waals surface area contributed by atoms with Crippen molar-refractivity contribution in [3.8, 4) is 0 Å². The molecule has 1 spiro atoms. The zero-order valence-electron chi connectivity index (χ0n) is 10.5. The van der Waals surface area contributed by atoms with Crippen LogP contribution in [-0.4, -0.2) is 4.98 Å². The predicted molar refractivity (Wildman–Crippen MR) is 66.8 cm³/mol. The number of aromatic nitrogens is 1. The Balaban J connectivity index is 2.19. The molecule has 16 heavy (non-hydrogen) atoms. The topological polar surface area (TPSA) is 12.9 Å². The van der Waals surface area contributed by atoms with Crippen molar-refractivity contribution < 1.29 is 0 Å². The summed E-state index contributed by atoms with van der Waals surface area (Å²) in [6.45, 7) is 4.48. The SMILES string of the molecule is CCc1ncc(C)c2c1C1(CCCC1)CC2. The molecule has 0 aliphatic heterocycles. The Kier molecular flexibility index (Phi) is 2.31. The number of nitrogens with zero attached hydrogens (tertiary/aromatic N) is 1. The molecule has 0 aromatic carbocycles. The van der Waals surface area contributed by atoms with Crippen molar-refractivity contribution >= 4 is 0 Å². The van der Waals surface area contributed by atoms with E-state index in [2.05, 4.69) is 25.0 Å². The van der Waals surface area contributed by atoms with Gasteiger partial charge < -0.3 is 0 Å². The van der Waals surface area contributed by atoms with Gasteiger partial charge in [0.25, 0.3) is 0 Å². The normalized spacial score (nSPS) is 21.6. The minimum absolute atomic E-state index is 0.541. The predicted octanol–water partition coefficient (Wildman–Crippen LogP) is 3.71. The van der Waals surface area contributed by atoms with Gasteiger partial charge in [0.1, 0.15) is 0 Å². The highest BCUT2D eigenvalue weighted by atomic mass is 14.7. The lowest BCUT2D eigenvalue weighted by Crippen LogP contribution is -2.20. The largest absolute Gasteiger partial charge is 0.261 e. The Morgan fingerprint density at radius 3 is 2.69 bits per heavy atom. The van der Waals surface area contributed by atoms with Crippen LogP contribution >= 0.6 is 0 Å². The minimum atomic E-state index is 0.541. The molecule has 1 saturated carbocycles. The Morgan fingerprint density at radius 1 is 1.25 bits per heavy atom. The Hall–Kier alpha value is -0.850. The van der Waals surface area contributed by atoms with E-state index in [9.17, 15) is 0 Å². The third-order valence-electron chi connectivity index (χ3n) is 4.76. The van der Waals surface area contributed by atoms with Crippen LogP contribution in [-0.2, 0) is 18.3 Å². The van der Waals surface area contributed by atoms with Gasteiger partial charge in [-0.25, -0.2) is 0 Å². The fourth-order valence-electron chi connectivity index (χ4n) is 3.95. The summed E-state index contributed by atoms with van der Waals surface area (Å²) in [6, 6.07) is 0. The number of fused-ring (bicyclic) bond motifs is 2. The van der Waals surface area contributed by atoms with Crippen LogP contribution < -0.4 is 0 Å². The van der Waals surface area contributed by atoms with Crippen molar-refractivity contribution in [1.29, 1.82) is 0 Å². The van der Waals surface area contributed by atoms with Crippen LogP contribution in [0.15, 0.2) is 6.20 Å². The quantitative estimate of drug-likeness (QED) is 0.696. The molecule has 0 unspecified atom stereocenters. The summed E-state index contributed by atoms with van der Waals surface area (Å²) in [4.78, 5) is 4.69. The van der Waals surface area contributed by atoms with Gasteiger partial charge in [-0.3, -0.25) is 4.98 Å². The fourth-order valence-corrected chi connectivity index (χ4v) is 3.95. The van der Waals surface area contributed by atoms with Crippen LogP contribution in [0.25, 0.3) is 0 Å².